The predicted octanol–water partition coefficient (Wildman–Crippen LogP) is -0.259. The van der Waals surface area contributed by atoms with Crippen molar-refractivity contribution in [1.82, 2.24) is 5.32 Å². The van der Waals surface area contributed by atoms with E-state index in [1.54, 1.807) is 0 Å². The first-order valence-corrected chi connectivity index (χ1v) is 4.19. The summed E-state index contributed by atoms with van der Waals surface area (Å²) in [4.78, 5) is 32.5. The number of hydrogen-bond acceptors (Lipinski definition) is 5. The largest absolute Gasteiger partial charge is 0.457 e. The second-order valence-corrected chi connectivity index (χ2v) is 2.61. The van der Waals surface area contributed by atoms with Gasteiger partial charge < -0.3 is 14.8 Å². The van der Waals surface area contributed by atoms with Gasteiger partial charge in [0, 0.05) is 13.8 Å². The Morgan fingerprint density at radius 1 is 1.40 bits per heavy atom. The van der Waals surface area contributed by atoms with Gasteiger partial charge in [-0.1, -0.05) is 12.7 Å². The number of carbonyl (C=O) groups is 3. The van der Waals surface area contributed by atoms with Gasteiger partial charge in [0.1, 0.15) is 6.61 Å². The average molecular weight is 215 g/mol. The molecule has 0 heterocycles. The molecule has 6 heteroatoms. The van der Waals surface area contributed by atoms with E-state index in [0.29, 0.717) is 0 Å². The molecule has 0 aliphatic carbocycles. The summed E-state index contributed by atoms with van der Waals surface area (Å²) in [5.41, 5.74) is 0. The van der Waals surface area contributed by atoms with Crippen LogP contribution in [0.15, 0.2) is 12.7 Å². The zero-order valence-corrected chi connectivity index (χ0v) is 8.61. The molecule has 1 N–H and O–H groups in total. The molecule has 84 valence electrons. The second-order valence-electron chi connectivity index (χ2n) is 2.61. The molecule has 0 aliphatic heterocycles. The van der Waals surface area contributed by atoms with Crippen LogP contribution in [0.3, 0.4) is 0 Å². The van der Waals surface area contributed by atoms with E-state index < -0.39 is 24.1 Å². The summed E-state index contributed by atoms with van der Waals surface area (Å²) >= 11 is 0. The predicted molar refractivity (Wildman–Crippen MR) is 50.5 cm³/mol. The fourth-order valence-electron chi connectivity index (χ4n) is 0.704. The summed E-state index contributed by atoms with van der Waals surface area (Å²) in [6, 6.07) is 0. The van der Waals surface area contributed by atoms with Crippen LogP contribution < -0.4 is 5.32 Å². The minimum Gasteiger partial charge on any atom is -0.457 e. The summed E-state index contributed by atoms with van der Waals surface area (Å²) in [5, 5.41) is 2.13. The van der Waals surface area contributed by atoms with Gasteiger partial charge in [0.25, 0.3) is 6.23 Å². The van der Waals surface area contributed by atoms with Crippen LogP contribution in [0.1, 0.15) is 13.8 Å². The molecule has 0 aromatic heterocycles. The maximum absolute atomic E-state index is 11.2. The van der Waals surface area contributed by atoms with Crippen molar-refractivity contribution in [2.45, 2.75) is 20.1 Å². The molecular formula is C9H13NO5. The first-order valence-electron chi connectivity index (χ1n) is 4.19. The molecule has 0 aromatic rings. The Hall–Kier alpha value is -1.85. The third-order valence-electron chi connectivity index (χ3n) is 1.18. The lowest BCUT2D eigenvalue weighted by molar-refractivity contribution is -0.169. The maximum Gasteiger partial charge on any atom is 0.369 e. The summed E-state index contributed by atoms with van der Waals surface area (Å²) in [7, 11) is 0. The molecular weight excluding hydrogens is 202 g/mol. The highest BCUT2D eigenvalue weighted by Gasteiger charge is 2.23. The van der Waals surface area contributed by atoms with E-state index in [-0.39, 0.29) is 6.61 Å². The van der Waals surface area contributed by atoms with E-state index in [2.05, 4.69) is 21.4 Å². The van der Waals surface area contributed by atoms with Gasteiger partial charge in [-0.05, 0) is 0 Å². The minimum absolute atomic E-state index is 0.0177. The van der Waals surface area contributed by atoms with Gasteiger partial charge in [-0.2, -0.15) is 0 Å². The molecule has 0 aliphatic rings. The van der Waals surface area contributed by atoms with E-state index in [4.69, 9.17) is 0 Å². The standard InChI is InChI=1S/C9H13NO5/c1-4-5-14-9(13)8(10-6(2)11)15-7(3)12/h4,8H,1,5H2,2-3H3,(H,10,11). The molecule has 6 nitrogen and oxygen atoms in total. The molecule has 1 atom stereocenters. The van der Waals surface area contributed by atoms with Crippen molar-refractivity contribution in [3.8, 4) is 0 Å². The average Bonchev–Trinajstić information content (AvgIpc) is 2.11. The van der Waals surface area contributed by atoms with Crippen LogP contribution in [-0.4, -0.2) is 30.7 Å². The topological polar surface area (TPSA) is 81.7 Å². The molecule has 1 unspecified atom stereocenters. The normalized spacial score (nSPS) is 11.1. The first-order chi connectivity index (χ1) is 6.97. The summed E-state index contributed by atoms with van der Waals surface area (Å²) in [5.74, 6) is -2.04. The SMILES string of the molecule is C=CCOC(=O)C(NC(C)=O)OC(C)=O. The summed E-state index contributed by atoms with van der Waals surface area (Å²) in [6.07, 6.45) is -0.0452. The number of rotatable bonds is 5. The molecule has 0 bridgehead atoms. The first kappa shape index (κ1) is 13.2. The minimum atomic E-state index is -1.40. The third-order valence-corrected chi connectivity index (χ3v) is 1.18. The maximum atomic E-state index is 11.2. The van der Waals surface area contributed by atoms with Crippen molar-refractivity contribution in [3.05, 3.63) is 12.7 Å². The molecule has 0 aromatic carbocycles. The fourth-order valence-corrected chi connectivity index (χ4v) is 0.704. The van der Waals surface area contributed by atoms with E-state index in [0.717, 1.165) is 6.92 Å². The van der Waals surface area contributed by atoms with Crippen LogP contribution in [0.25, 0.3) is 0 Å². The van der Waals surface area contributed by atoms with Gasteiger partial charge in [0.05, 0.1) is 0 Å². The van der Waals surface area contributed by atoms with Gasteiger partial charge in [-0.25, -0.2) is 4.79 Å². The Bertz CT molecular complexity index is 258. The number of esters is 2. The van der Waals surface area contributed by atoms with E-state index >= 15 is 0 Å². The monoisotopic (exact) mass is 215 g/mol. The zero-order chi connectivity index (χ0) is 11.8. The summed E-state index contributed by atoms with van der Waals surface area (Å²) < 4.78 is 9.15. The summed E-state index contributed by atoms with van der Waals surface area (Å²) in [6.45, 7) is 5.64. The quantitative estimate of drug-likeness (QED) is 0.388. The van der Waals surface area contributed by atoms with Gasteiger partial charge in [0.15, 0.2) is 0 Å². The Kier molecular flexibility index (Phi) is 5.77. The molecule has 15 heavy (non-hydrogen) atoms. The number of ether oxygens (including phenoxy) is 2. The molecule has 0 fully saturated rings. The van der Waals surface area contributed by atoms with Gasteiger partial charge in [0.2, 0.25) is 5.91 Å². The van der Waals surface area contributed by atoms with E-state index in [1.165, 1.54) is 13.0 Å². The van der Waals surface area contributed by atoms with Crippen molar-refractivity contribution >= 4 is 17.8 Å². The highest BCUT2D eigenvalue weighted by Crippen LogP contribution is 1.93. The fraction of sp³-hybridized carbons (Fsp3) is 0.444. The Balaban J connectivity index is 4.32. The molecule has 0 radical (unpaired) electrons. The van der Waals surface area contributed by atoms with Crippen molar-refractivity contribution in [2.75, 3.05) is 6.61 Å². The molecule has 0 saturated carbocycles. The van der Waals surface area contributed by atoms with E-state index in [9.17, 15) is 14.4 Å². The van der Waals surface area contributed by atoms with Crippen molar-refractivity contribution in [1.29, 1.82) is 0 Å². The van der Waals surface area contributed by atoms with Crippen LogP contribution in [0.5, 0.6) is 0 Å². The van der Waals surface area contributed by atoms with Crippen LogP contribution in [0.4, 0.5) is 0 Å². The number of carbonyl (C=O) groups excluding carboxylic acids is 3. The number of amides is 1. The highest BCUT2D eigenvalue weighted by molar-refractivity contribution is 5.84. The van der Waals surface area contributed by atoms with Crippen LogP contribution >= 0.6 is 0 Å². The van der Waals surface area contributed by atoms with Crippen molar-refractivity contribution in [2.24, 2.45) is 0 Å². The molecule has 0 rings (SSSR count). The Morgan fingerprint density at radius 2 is 2.00 bits per heavy atom. The molecule has 1 amide bonds. The Labute approximate surface area is 87.2 Å². The third kappa shape index (κ3) is 6.25. The zero-order valence-electron chi connectivity index (χ0n) is 8.61. The van der Waals surface area contributed by atoms with Gasteiger partial charge >= 0.3 is 11.9 Å². The smallest absolute Gasteiger partial charge is 0.369 e. The lowest BCUT2D eigenvalue weighted by Crippen LogP contribution is -2.43. The van der Waals surface area contributed by atoms with Gasteiger partial charge in [-0.15, -0.1) is 0 Å². The number of hydrogen-bond donors (Lipinski definition) is 1. The highest BCUT2D eigenvalue weighted by atomic mass is 16.6. The van der Waals surface area contributed by atoms with Gasteiger partial charge in [-0.3, -0.25) is 9.59 Å². The van der Waals surface area contributed by atoms with E-state index in [1.807, 2.05) is 0 Å². The van der Waals surface area contributed by atoms with Crippen LogP contribution in [-0.2, 0) is 23.9 Å². The Morgan fingerprint density at radius 3 is 2.40 bits per heavy atom. The van der Waals surface area contributed by atoms with Crippen molar-refractivity contribution < 1.29 is 23.9 Å². The lowest BCUT2D eigenvalue weighted by Gasteiger charge is -2.15. The lowest BCUT2D eigenvalue weighted by atomic mass is 10.5. The molecule has 0 spiro atoms. The second kappa shape index (κ2) is 6.58. The molecule has 0 saturated heterocycles. The van der Waals surface area contributed by atoms with Crippen LogP contribution in [0.2, 0.25) is 0 Å². The van der Waals surface area contributed by atoms with Crippen LogP contribution in [0, 0.1) is 0 Å². The van der Waals surface area contributed by atoms with Crippen molar-refractivity contribution in [3.63, 3.8) is 0 Å². The number of nitrogens with one attached hydrogen (secondary N) is 1.